The molecule has 0 nitrogen and oxygen atoms in total. The largest absolute Gasteiger partial charge is 0.0808 e. The number of unbranched alkanes of at least 4 members (excludes halogenated alkanes) is 5. The molecule has 0 aromatic heterocycles. The summed E-state index contributed by atoms with van der Waals surface area (Å²) in [5, 5.41) is 0. The number of fused-ring (bicyclic) bond motifs is 2. The van der Waals surface area contributed by atoms with E-state index in [4.69, 9.17) is 0 Å². The van der Waals surface area contributed by atoms with Crippen LogP contribution in [0.2, 0.25) is 22.7 Å². The highest BCUT2D eigenvalue weighted by molar-refractivity contribution is 6.84. The molecular weight excluding hydrogens is 412 g/mol. The van der Waals surface area contributed by atoms with E-state index in [0.717, 1.165) is 40.3 Å². The Labute approximate surface area is 206 Å². The van der Waals surface area contributed by atoms with Crippen LogP contribution in [0.15, 0.2) is 48.6 Å². The summed E-state index contributed by atoms with van der Waals surface area (Å²) in [4.78, 5) is 0. The second-order valence-electron chi connectivity index (χ2n) is 12.4. The third-order valence-electron chi connectivity index (χ3n) is 10.9. The van der Waals surface area contributed by atoms with Gasteiger partial charge in [-0.05, 0) is 53.1 Å². The van der Waals surface area contributed by atoms with Crippen molar-refractivity contribution in [1.29, 1.82) is 0 Å². The molecule has 0 amide bonds. The molecular formula is C32H50Si. The van der Waals surface area contributed by atoms with Gasteiger partial charge in [0.2, 0.25) is 0 Å². The second kappa shape index (κ2) is 11.3. The topological polar surface area (TPSA) is 0 Å². The Morgan fingerprint density at radius 2 is 1.12 bits per heavy atom. The third kappa shape index (κ3) is 4.82. The summed E-state index contributed by atoms with van der Waals surface area (Å²) in [5.41, 5.74) is 3.24. The summed E-state index contributed by atoms with van der Waals surface area (Å²) in [6.45, 7) is 2.35. The molecule has 0 spiro atoms. The van der Waals surface area contributed by atoms with Crippen LogP contribution in [0.1, 0.15) is 103 Å². The summed E-state index contributed by atoms with van der Waals surface area (Å²) in [7, 11) is -1.48. The molecule has 0 aromatic rings. The van der Waals surface area contributed by atoms with Crippen molar-refractivity contribution in [2.24, 2.45) is 23.7 Å². The first-order chi connectivity index (χ1) is 16.3. The Morgan fingerprint density at radius 3 is 1.73 bits per heavy atom. The van der Waals surface area contributed by atoms with Crippen molar-refractivity contribution in [3.8, 4) is 0 Å². The van der Waals surface area contributed by atoms with Crippen molar-refractivity contribution in [2.45, 2.75) is 126 Å². The fourth-order valence-electron chi connectivity index (χ4n) is 9.47. The molecule has 0 aromatic carbocycles. The molecule has 5 aliphatic carbocycles. The lowest BCUT2D eigenvalue weighted by molar-refractivity contribution is 0.445. The van der Waals surface area contributed by atoms with E-state index in [-0.39, 0.29) is 0 Å². The normalized spacial score (nSPS) is 37.2. The molecule has 1 heteroatoms. The van der Waals surface area contributed by atoms with Crippen LogP contribution >= 0.6 is 0 Å². The lowest BCUT2D eigenvalue weighted by atomic mass is 9.91. The van der Waals surface area contributed by atoms with E-state index >= 15 is 0 Å². The van der Waals surface area contributed by atoms with Gasteiger partial charge in [-0.1, -0.05) is 145 Å². The van der Waals surface area contributed by atoms with Crippen molar-refractivity contribution in [1.82, 2.24) is 0 Å². The average Bonchev–Trinajstić information content (AvgIpc) is 3.50. The Morgan fingerprint density at radius 1 is 0.576 bits per heavy atom. The summed E-state index contributed by atoms with van der Waals surface area (Å²) < 4.78 is 0. The van der Waals surface area contributed by atoms with Crippen LogP contribution in [0, 0.1) is 23.7 Å². The van der Waals surface area contributed by atoms with Crippen LogP contribution in [0.5, 0.6) is 0 Å². The molecule has 33 heavy (non-hydrogen) atoms. The van der Waals surface area contributed by atoms with Crippen molar-refractivity contribution in [3.63, 3.8) is 0 Å². The van der Waals surface area contributed by atoms with Crippen LogP contribution < -0.4 is 0 Å². The minimum Gasteiger partial charge on any atom is -0.0808 e. The van der Waals surface area contributed by atoms with Gasteiger partial charge in [-0.3, -0.25) is 0 Å². The Bertz CT molecular complexity index is 692. The maximum Gasteiger partial charge on any atom is 0.0641 e. The lowest BCUT2D eigenvalue weighted by Gasteiger charge is -2.53. The molecule has 182 valence electrons. The van der Waals surface area contributed by atoms with Gasteiger partial charge in [0.15, 0.2) is 0 Å². The van der Waals surface area contributed by atoms with Crippen molar-refractivity contribution < 1.29 is 0 Å². The predicted molar refractivity (Wildman–Crippen MR) is 147 cm³/mol. The van der Waals surface area contributed by atoms with Crippen molar-refractivity contribution in [2.75, 3.05) is 0 Å². The average molecular weight is 463 g/mol. The molecule has 3 saturated carbocycles. The molecule has 0 heterocycles. The maximum absolute atomic E-state index is 2.69. The first-order valence-electron chi connectivity index (χ1n) is 15.0. The minimum absolute atomic E-state index is 0.860. The van der Waals surface area contributed by atoms with E-state index in [1.165, 1.54) is 64.2 Å². The minimum atomic E-state index is -1.48. The van der Waals surface area contributed by atoms with Crippen molar-refractivity contribution >= 4 is 8.07 Å². The summed E-state index contributed by atoms with van der Waals surface area (Å²) in [6, 6.07) is 1.67. The predicted octanol–water partition coefficient (Wildman–Crippen LogP) is 10.2. The molecule has 0 N–H and O–H groups in total. The molecule has 3 fully saturated rings. The van der Waals surface area contributed by atoms with Crippen LogP contribution in [0.4, 0.5) is 0 Å². The van der Waals surface area contributed by atoms with Gasteiger partial charge >= 0.3 is 0 Å². The highest BCUT2D eigenvalue weighted by atomic mass is 28.3. The van der Waals surface area contributed by atoms with Gasteiger partial charge in [0.1, 0.15) is 0 Å². The molecule has 0 aliphatic heterocycles. The second-order valence-corrected chi connectivity index (χ2v) is 17.4. The first-order valence-corrected chi connectivity index (χ1v) is 17.5. The first kappa shape index (κ1) is 23.9. The fourth-order valence-corrected chi connectivity index (χ4v) is 18.3. The van der Waals surface area contributed by atoms with Gasteiger partial charge in [-0.15, -0.1) is 0 Å². The van der Waals surface area contributed by atoms with E-state index in [2.05, 4.69) is 55.5 Å². The number of hydrogen-bond donors (Lipinski definition) is 0. The molecule has 5 rings (SSSR count). The van der Waals surface area contributed by atoms with Gasteiger partial charge in [0.05, 0.1) is 8.07 Å². The molecule has 6 atom stereocenters. The fraction of sp³-hybridized carbons (Fsp3) is 0.750. The zero-order valence-electron chi connectivity index (χ0n) is 21.5. The Kier molecular flexibility index (Phi) is 8.17. The highest BCUT2D eigenvalue weighted by Gasteiger charge is 2.59. The van der Waals surface area contributed by atoms with Crippen LogP contribution in [-0.2, 0) is 0 Å². The molecule has 0 saturated heterocycles. The van der Waals surface area contributed by atoms with Gasteiger partial charge in [-0.2, -0.15) is 0 Å². The van der Waals surface area contributed by atoms with Crippen LogP contribution in [0.25, 0.3) is 0 Å². The lowest BCUT2D eigenvalue weighted by Crippen LogP contribution is -2.52. The maximum atomic E-state index is 2.69. The van der Waals surface area contributed by atoms with Gasteiger partial charge < -0.3 is 0 Å². The Balaban J connectivity index is 1.47. The van der Waals surface area contributed by atoms with Crippen LogP contribution in [-0.4, -0.2) is 8.07 Å². The van der Waals surface area contributed by atoms with Gasteiger partial charge in [0.25, 0.3) is 0 Å². The van der Waals surface area contributed by atoms with E-state index in [1.807, 2.05) is 0 Å². The van der Waals surface area contributed by atoms with Crippen LogP contribution in [0.3, 0.4) is 0 Å². The molecule has 5 aliphatic rings. The number of hydrogen-bond acceptors (Lipinski definition) is 0. The summed E-state index contributed by atoms with van der Waals surface area (Å²) >= 11 is 0. The molecule has 6 unspecified atom stereocenters. The number of rotatable bonds is 10. The van der Waals surface area contributed by atoms with E-state index in [1.54, 1.807) is 38.1 Å². The van der Waals surface area contributed by atoms with Crippen molar-refractivity contribution in [3.05, 3.63) is 48.6 Å². The van der Waals surface area contributed by atoms with Gasteiger partial charge in [-0.25, -0.2) is 0 Å². The van der Waals surface area contributed by atoms with E-state index in [9.17, 15) is 0 Å². The van der Waals surface area contributed by atoms with E-state index in [0.29, 0.717) is 0 Å². The summed E-state index contributed by atoms with van der Waals surface area (Å²) in [5.74, 6) is 3.48. The monoisotopic (exact) mass is 462 g/mol. The van der Waals surface area contributed by atoms with E-state index < -0.39 is 8.07 Å². The standard InChI is InChI=1S/C32H50Si/c1-2-3-4-5-6-14-25-33(28-17-8-7-9-18-28,31-23-21-26-15-10-12-19-29(26)31)32-24-22-27-16-11-13-20-30(27)32/h10-13,15-16,19-20,26-32H,2-9,14,17-18,21-25H2,1H3. The SMILES string of the molecule is CCCCCCCC[Si](C1CCCCC1)(C1CCC2C=CC=CC21)C1CCC2C=CC=CC21. The third-order valence-corrected chi connectivity index (χ3v) is 18.3. The zero-order chi connectivity index (χ0) is 22.5. The smallest absolute Gasteiger partial charge is 0.0641 e. The van der Waals surface area contributed by atoms with Gasteiger partial charge in [0, 0.05) is 0 Å². The highest BCUT2D eigenvalue weighted by Crippen LogP contribution is 2.65. The molecule has 0 bridgehead atoms. The zero-order valence-corrected chi connectivity index (χ0v) is 22.5. The quantitative estimate of drug-likeness (QED) is 0.224. The number of allylic oxidation sites excluding steroid dienone is 8. The molecule has 0 radical (unpaired) electrons. The summed E-state index contributed by atoms with van der Waals surface area (Å²) in [6.07, 6.45) is 42.8. The Hall–Kier alpha value is -0.823.